The van der Waals surface area contributed by atoms with Crippen molar-refractivity contribution in [1.82, 2.24) is 14.8 Å². The molecule has 0 aliphatic carbocycles. The quantitative estimate of drug-likeness (QED) is 0.518. The number of thioether (sulfide) groups is 1. The minimum atomic E-state index is 0.0995. The van der Waals surface area contributed by atoms with Crippen LogP contribution >= 0.6 is 11.8 Å². The van der Waals surface area contributed by atoms with Crippen LogP contribution in [0.25, 0.3) is 5.69 Å². The molecule has 4 nitrogen and oxygen atoms in total. The predicted octanol–water partition coefficient (Wildman–Crippen LogP) is 4.17. The first-order valence-electron chi connectivity index (χ1n) is 7.75. The third kappa shape index (κ3) is 3.41. The summed E-state index contributed by atoms with van der Waals surface area (Å²) in [5.41, 5.74) is 5.24. The number of rotatable bonds is 5. The number of aromatic nitrogens is 3. The molecule has 0 spiro atoms. The average Bonchev–Trinajstić information content (AvgIpc) is 3.04. The van der Waals surface area contributed by atoms with Crippen molar-refractivity contribution >= 4 is 17.5 Å². The van der Waals surface area contributed by atoms with Crippen LogP contribution < -0.4 is 0 Å². The fourth-order valence-corrected chi connectivity index (χ4v) is 3.27. The van der Waals surface area contributed by atoms with Crippen LogP contribution in [0.4, 0.5) is 0 Å². The molecule has 0 amide bonds. The summed E-state index contributed by atoms with van der Waals surface area (Å²) in [7, 11) is 0. The number of ketones is 1. The number of benzene rings is 2. The molecule has 0 saturated heterocycles. The van der Waals surface area contributed by atoms with Crippen LogP contribution in [0.3, 0.4) is 0 Å². The molecule has 0 unspecified atom stereocenters. The van der Waals surface area contributed by atoms with Gasteiger partial charge in [-0.2, -0.15) is 0 Å². The molecule has 0 fully saturated rings. The summed E-state index contributed by atoms with van der Waals surface area (Å²) in [4.78, 5) is 12.4. The Morgan fingerprint density at radius 2 is 1.83 bits per heavy atom. The molecular weight excluding hydrogens is 318 g/mol. The van der Waals surface area contributed by atoms with E-state index in [4.69, 9.17) is 0 Å². The van der Waals surface area contributed by atoms with Gasteiger partial charge in [-0.1, -0.05) is 42.1 Å². The summed E-state index contributed by atoms with van der Waals surface area (Å²) in [5, 5.41) is 8.88. The Hall–Kier alpha value is -2.40. The molecule has 0 aliphatic heterocycles. The van der Waals surface area contributed by atoms with E-state index >= 15 is 0 Å². The molecule has 0 N–H and O–H groups in total. The lowest BCUT2D eigenvalue weighted by Crippen LogP contribution is -2.05. The van der Waals surface area contributed by atoms with Gasteiger partial charge in [0.05, 0.1) is 11.4 Å². The van der Waals surface area contributed by atoms with Crippen LogP contribution in [0.15, 0.2) is 53.9 Å². The fourth-order valence-electron chi connectivity index (χ4n) is 2.45. The van der Waals surface area contributed by atoms with E-state index in [1.807, 2.05) is 67.8 Å². The summed E-state index contributed by atoms with van der Waals surface area (Å²) in [6, 6.07) is 13.9. The normalized spacial score (nSPS) is 10.8. The minimum Gasteiger partial charge on any atom is -0.293 e. The second-order valence-electron chi connectivity index (χ2n) is 5.78. The van der Waals surface area contributed by atoms with Crippen molar-refractivity contribution in [1.29, 1.82) is 0 Å². The van der Waals surface area contributed by atoms with Gasteiger partial charge in [-0.3, -0.25) is 9.36 Å². The van der Waals surface area contributed by atoms with Gasteiger partial charge in [0.25, 0.3) is 0 Å². The second kappa shape index (κ2) is 7.01. The van der Waals surface area contributed by atoms with Crippen LogP contribution in [0.1, 0.15) is 27.0 Å². The Labute approximate surface area is 145 Å². The third-order valence-electron chi connectivity index (χ3n) is 4.05. The number of carbonyl (C=O) groups excluding carboxylic acids is 1. The summed E-state index contributed by atoms with van der Waals surface area (Å²) in [6.07, 6.45) is 1.69. The standard InChI is InChI=1S/C19H19N3OS/c1-13-8-9-16(10-15(13)3)18(23)11-24-19-21-20-12-22(19)17-7-5-4-6-14(17)2/h4-10,12H,11H2,1-3H3. The van der Waals surface area contributed by atoms with Crippen LogP contribution in [0.5, 0.6) is 0 Å². The van der Waals surface area contributed by atoms with Crippen LogP contribution in [0.2, 0.25) is 0 Å². The summed E-state index contributed by atoms with van der Waals surface area (Å²) >= 11 is 1.41. The lowest BCUT2D eigenvalue weighted by Gasteiger charge is -2.09. The molecule has 3 rings (SSSR count). The monoisotopic (exact) mass is 337 g/mol. The van der Waals surface area contributed by atoms with Crippen LogP contribution in [-0.2, 0) is 0 Å². The SMILES string of the molecule is Cc1ccc(C(=O)CSc2nncn2-c2ccccc2C)cc1C. The van der Waals surface area contributed by atoms with Gasteiger partial charge < -0.3 is 0 Å². The van der Waals surface area contributed by atoms with Crippen molar-refractivity contribution in [2.75, 3.05) is 5.75 Å². The van der Waals surface area contributed by atoms with E-state index in [0.717, 1.165) is 27.5 Å². The average molecular weight is 337 g/mol. The zero-order valence-corrected chi connectivity index (χ0v) is 14.8. The molecule has 0 atom stereocenters. The van der Waals surface area contributed by atoms with E-state index in [-0.39, 0.29) is 5.78 Å². The Morgan fingerprint density at radius 3 is 2.58 bits per heavy atom. The lowest BCUT2D eigenvalue weighted by molar-refractivity contribution is 0.102. The third-order valence-corrected chi connectivity index (χ3v) is 5.00. The largest absolute Gasteiger partial charge is 0.293 e. The number of hydrogen-bond acceptors (Lipinski definition) is 4. The highest BCUT2D eigenvalue weighted by atomic mass is 32.2. The van der Waals surface area contributed by atoms with E-state index in [0.29, 0.717) is 5.75 Å². The van der Waals surface area contributed by atoms with Crippen molar-refractivity contribution < 1.29 is 4.79 Å². The van der Waals surface area contributed by atoms with Crippen molar-refractivity contribution in [3.05, 3.63) is 71.0 Å². The van der Waals surface area contributed by atoms with E-state index < -0.39 is 0 Å². The van der Waals surface area contributed by atoms with Gasteiger partial charge in [0.15, 0.2) is 10.9 Å². The topological polar surface area (TPSA) is 47.8 Å². The maximum Gasteiger partial charge on any atom is 0.196 e. The molecular formula is C19H19N3OS. The van der Waals surface area contributed by atoms with Gasteiger partial charge in [-0.25, -0.2) is 0 Å². The van der Waals surface area contributed by atoms with Crippen LogP contribution in [-0.4, -0.2) is 26.3 Å². The van der Waals surface area contributed by atoms with E-state index in [1.54, 1.807) is 6.33 Å². The first-order valence-corrected chi connectivity index (χ1v) is 8.74. The van der Waals surface area contributed by atoms with Gasteiger partial charge >= 0.3 is 0 Å². The molecule has 0 aliphatic rings. The number of carbonyl (C=O) groups is 1. The summed E-state index contributed by atoms with van der Waals surface area (Å²) in [5.74, 6) is 0.440. The number of aryl methyl sites for hydroxylation is 3. The molecule has 1 aromatic heterocycles. The van der Waals surface area contributed by atoms with Gasteiger partial charge in [0, 0.05) is 5.56 Å². The zero-order valence-electron chi connectivity index (χ0n) is 14.0. The molecule has 0 saturated carbocycles. The highest BCUT2D eigenvalue weighted by Crippen LogP contribution is 2.23. The van der Waals surface area contributed by atoms with E-state index in [9.17, 15) is 4.79 Å². The van der Waals surface area contributed by atoms with Crippen molar-refractivity contribution in [3.8, 4) is 5.69 Å². The molecule has 0 radical (unpaired) electrons. The van der Waals surface area contributed by atoms with Crippen molar-refractivity contribution in [2.45, 2.75) is 25.9 Å². The smallest absolute Gasteiger partial charge is 0.196 e. The summed E-state index contributed by atoms with van der Waals surface area (Å²) in [6.45, 7) is 6.11. The van der Waals surface area contributed by atoms with Crippen molar-refractivity contribution in [3.63, 3.8) is 0 Å². The molecule has 3 aromatic rings. The first-order chi connectivity index (χ1) is 11.6. The Kier molecular flexibility index (Phi) is 4.81. The number of para-hydroxylation sites is 1. The maximum atomic E-state index is 12.4. The molecule has 24 heavy (non-hydrogen) atoms. The molecule has 0 bridgehead atoms. The molecule has 5 heteroatoms. The lowest BCUT2D eigenvalue weighted by atomic mass is 10.0. The Morgan fingerprint density at radius 1 is 1.04 bits per heavy atom. The summed E-state index contributed by atoms with van der Waals surface area (Å²) < 4.78 is 1.92. The van der Waals surface area contributed by atoms with Gasteiger partial charge in [0.1, 0.15) is 6.33 Å². The van der Waals surface area contributed by atoms with E-state index in [1.165, 1.54) is 17.3 Å². The van der Waals surface area contributed by atoms with Gasteiger partial charge in [-0.15, -0.1) is 10.2 Å². The zero-order chi connectivity index (χ0) is 17.1. The molecule has 122 valence electrons. The maximum absolute atomic E-state index is 12.4. The predicted molar refractivity (Wildman–Crippen MR) is 97.1 cm³/mol. The molecule has 1 heterocycles. The first kappa shape index (κ1) is 16.5. The number of Topliss-reactive ketones (excluding diaryl/α,β-unsaturated/α-hetero) is 1. The number of nitrogens with zero attached hydrogens (tertiary/aromatic N) is 3. The van der Waals surface area contributed by atoms with Gasteiger partial charge in [-0.05, 0) is 49.6 Å². The van der Waals surface area contributed by atoms with Gasteiger partial charge in [0.2, 0.25) is 0 Å². The molecule has 2 aromatic carbocycles. The second-order valence-corrected chi connectivity index (χ2v) is 6.72. The Balaban J connectivity index is 1.76. The fraction of sp³-hybridized carbons (Fsp3) is 0.211. The Bertz CT molecular complexity index is 886. The highest BCUT2D eigenvalue weighted by molar-refractivity contribution is 7.99. The van der Waals surface area contributed by atoms with E-state index in [2.05, 4.69) is 10.2 Å². The number of hydrogen-bond donors (Lipinski definition) is 0. The van der Waals surface area contributed by atoms with Crippen molar-refractivity contribution in [2.24, 2.45) is 0 Å². The highest BCUT2D eigenvalue weighted by Gasteiger charge is 2.13. The minimum absolute atomic E-state index is 0.0995. The van der Waals surface area contributed by atoms with Crippen LogP contribution in [0, 0.1) is 20.8 Å².